The van der Waals surface area contributed by atoms with Crippen molar-refractivity contribution in [3.63, 3.8) is 0 Å². The van der Waals surface area contributed by atoms with Crippen molar-refractivity contribution in [2.24, 2.45) is 0 Å². The zero-order valence-corrected chi connectivity index (χ0v) is 14.4. The molecule has 0 amide bonds. The summed E-state index contributed by atoms with van der Waals surface area (Å²) in [6.07, 6.45) is 6.33. The summed E-state index contributed by atoms with van der Waals surface area (Å²) in [6.45, 7) is 8.86. The number of hydrogen-bond donors (Lipinski definition) is 1. The molecule has 0 radical (unpaired) electrons. The Morgan fingerprint density at radius 2 is 2.14 bits per heavy atom. The molecular formula is C18H29ClN2. The number of nitrogens with one attached hydrogen (secondary N) is 1. The number of hydrogen-bond acceptors (Lipinski definition) is 2. The minimum atomic E-state index is 0.315. The van der Waals surface area contributed by atoms with Crippen LogP contribution in [-0.2, 0) is 0 Å². The summed E-state index contributed by atoms with van der Waals surface area (Å²) >= 11 is 6.55. The third-order valence-electron chi connectivity index (χ3n) is 4.58. The summed E-state index contributed by atoms with van der Waals surface area (Å²) in [7, 11) is 0. The van der Waals surface area contributed by atoms with Gasteiger partial charge in [-0.05, 0) is 63.3 Å². The molecule has 1 heterocycles. The Balaban J connectivity index is 2.14. The van der Waals surface area contributed by atoms with E-state index in [0.717, 1.165) is 24.5 Å². The van der Waals surface area contributed by atoms with Crippen LogP contribution < -0.4 is 10.2 Å². The lowest BCUT2D eigenvalue weighted by Gasteiger charge is -2.37. The Labute approximate surface area is 134 Å². The van der Waals surface area contributed by atoms with Gasteiger partial charge in [-0.2, -0.15) is 0 Å². The molecule has 2 rings (SSSR count). The van der Waals surface area contributed by atoms with Crippen molar-refractivity contribution in [3.8, 4) is 0 Å². The number of benzene rings is 1. The smallest absolute Gasteiger partial charge is 0.0474 e. The van der Waals surface area contributed by atoms with Gasteiger partial charge in [-0.25, -0.2) is 0 Å². The number of rotatable bonds is 6. The maximum Gasteiger partial charge on any atom is 0.0474 e. The first-order valence-corrected chi connectivity index (χ1v) is 8.84. The van der Waals surface area contributed by atoms with Gasteiger partial charge in [0, 0.05) is 29.3 Å². The van der Waals surface area contributed by atoms with Gasteiger partial charge in [-0.3, -0.25) is 0 Å². The van der Waals surface area contributed by atoms with Gasteiger partial charge in [0.15, 0.2) is 0 Å². The zero-order valence-electron chi connectivity index (χ0n) is 13.7. The van der Waals surface area contributed by atoms with Gasteiger partial charge in [0.2, 0.25) is 0 Å². The molecule has 1 N–H and O–H groups in total. The van der Waals surface area contributed by atoms with Crippen molar-refractivity contribution < 1.29 is 0 Å². The van der Waals surface area contributed by atoms with Gasteiger partial charge in [-0.15, -0.1) is 0 Å². The summed E-state index contributed by atoms with van der Waals surface area (Å²) in [5.41, 5.74) is 2.50. The van der Waals surface area contributed by atoms with E-state index in [1.54, 1.807) is 0 Å². The van der Waals surface area contributed by atoms with Crippen LogP contribution in [0.3, 0.4) is 0 Å². The molecule has 1 aromatic rings. The molecule has 0 spiro atoms. The predicted octanol–water partition coefficient (Wildman–Crippen LogP) is 5.17. The second-order valence-corrected chi connectivity index (χ2v) is 6.54. The Hall–Kier alpha value is -0.730. The molecule has 118 valence electrons. The van der Waals surface area contributed by atoms with Gasteiger partial charge >= 0.3 is 0 Å². The monoisotopic (exact) mass is 308 g/mol. The molecule has 1 aliphatic heterocycles. The number of anilines is 1. The van der Waals surface area contributed by atoms with E-state index in [4.69, 9.17) is 11.6 Å². The average molecular weight is 309 g/mol. The highest BCUT2D eigenvalue weighted by Crippen LogP contribution is 2.32. The lowest BCUT2D eigenvalue weighted by molar-refractivity contribution is 0.450. The Morgan fingerprint density at radius 3 is 2.81 bits per heavy atom. The zero-order chi connectivity index (χ0) is 15.2. The molecule has 1 fully saturated rings. The highest BCUT2D eigenvalue weighted by molar-refractivity contribution is 6.31. The molecule has 2 atom stereocenters. The van der Waals surface area contributed by atoms with Crippen LogP contribution >= 0.6 is 11.6 Å². The van der Waals surface area contributed by atoms with Crippen LogP contribution in [0.2, 0.25) is 5.02 Å². The highest BCUT2D eigenvalue weighted by atomic mass is 35.5. The minimum absolute atomic E-state index is 0.315. The van der Waals surface area contributed by atoms with Crippen LogP contribution in [0.15, 0.2) is 18.2 Å². The van der Waals surface area contributed by atoms with Crippen LogP contribution in [0.5, 0.6) is 0 Å². The van der Waals surface area contributed by atoms with Crippen LogP contribution in [0.25, 0.3) is 0 Å². The van der Waals surface area contributed by atoms with Gasteiger partial charge in [0.1, 0.15) is 0 Å². The first kappa shape index (κ1) is 16.6. The molecule has 1 aliphatic rings. The van der Waals surface area contributed by atoms with Crippen molar-refractivity contribution in [2.75, 3.05) is 18.0 Å². The summed E-state index contributed by atoms with van der Waals surface area (Å²) in [6, 6.07) is 7.60. The maximum atomic E-state index is 6.55. The topological polar surface area (TPSA) is 15.3 Å². The Bertz CT molecular complexity index is 447. The van der Waals surface area contributed by atoms with Crippen molar-refractivity contribution >= 4 is 17.3 Å². The van der Waals surface area contributed by atoms with E-state index in [-0.39, 0.29) is 0 Å². The normalized spacial score (nSPS) is 20.6. The first-order valence-electron chi connectivity index (χ1n) is 8.46. The van der Waals surface area contributed by atoms with E-state index in [2.05, 4.69) is 49.2 Å². The standard InChI is InChI=1S/C18H29ClN2/c1-4-11-20-14(3)17-10-9-16(13-18(17)19)21-12-7-6-8-15(21)5-2/h9-10,13-15,20H,4-8,11-12H2,1-3H3. The largest absolute Gasteiger partial charge is 0.369 e. The van der Waals surface area contributed by atoms with E-state index in [1.807, 2.05) is 0 Å². The second kappa shape index (κ2) is 8.05. The average Bonchev–Trinajstić information content (AvgIpc) is 2.52. The van der Waals surface area contributed by atoms with Crippen molar-refractivity contribution in [3.05, 3.63) is 28.8 Å². The second-order valence-electron chi connectivity index (χ2n) is 6.13. The Morgan fingerprint density at radius 1 is 1.33 bits per heavy atom. The van der Waals surface area contributed by atoms with Gasteiger partial charge in [0.25, 0.3) is 0 Å². The summed E-state index contributed by atoms with van der Waals surface area (Å²) in [5.74, 6) is 0. The predicted molar refractivity (Wildman–Crippen MR) is 93.4 cm³/mol. The summed E-state index contributed by atoms with van der Waals surface area (Å²) in [4.78, 5) is 2.54. The summed E-state index contributed by atoms with van der Waals surface area (Å²) in [5, 5.41) is 4.40. The molecule has 0 aliphatic carbocycles. The summed E-state index contributed by atoms with van der Waals surface area (Å²) < 4.78 is 0. The molecule has 0 saturated carbocycles. The van der Waals surface area contributed by atoms with Crippen LogP contribution in [-0.4, -0.2) is 19.1 Å². The molecule has 0 bridgehead atoms. The third-order valence-corrected chi connectivity index (χ3v) is 4.91. The number of halogens is 1. The molecule has 3 heteroatoms. The minimum Gasteiger partial charge on any atom is -0.369 e. The van der Waals surface area contributed by atoms with Crippen molar-refractivity contribution in [1.29, 1.82) is 0 Å². The molecule has 0 aromatic heterocycles. The van der Waals surface area contributed by atoms with E-state index < -0.39 is 0 Å². The van der Waals surface area contributed by atoms with E-state index in [0.29, 0.717) is 12.1 Å². The van der Waals surface area contributed by atoms with Crippen LogP contribution in [0, 0.1) is 0 Å². The fourth-order valence-corrected chi connectivity index (χ4v) is 3.62. The van der Waals surface area contributed by atoms with Gasteiger partial charge in [0.05, 0.1) is 0 Å². The SMILES string of the molecule is CCCNC(C)c1ccc(N2CCCCC2CC)cc1Cl. The number of piperidine rings is 1. The quantitative estimate of drug-likeness (QED) is 0.780. The first-order chi connectivity index (χ1) is 10.2. The van der Waals surface area contributed by atoms with E-state index >= 15 is 0 Å². The third kappa shape index (κ3) is 4.14. The molecule has 1 aromatic carbocycles. The van der Waals surface area contributed by atoms with Crippen molar-refractivity contribution in [2.45, 2.75) is 65.0 Å². The molecule has 21 heavy (non-hydrogen) atoms. The molecule has 2 unspecified atom stereocenters. The lowest BCUT2D eigenvalue weighted by atomic mass is 9.98. The fraction of sp³-hybridized carbons (Fsp3) is 0.667. The van der Waals surface area contributed by atoms with E-state index in [9.17, 15) is 0 Å². The molecular weight excluding hydrogens is 280 g/mol. The van der Waals surface area contributed by atoms with E-state index in [1.165, 1.54) is 36.9 Å². The molecule has 2 nitrogen and oxygen atoms in total. The molecule has 1 saturated heterocycles. The van der Waals surface area contributed by atoms with Crippen molar-refractivity contribution in [1.82, 2.24) is 5.32 Å². The maximum absolute atomic E-state index is 6.55. The van der Waals surface area contributed by atoms with Gasteiger partial charge in [-0.1, -0.05) is 31.5 Å². The number of nitrogens with zero attached hydrogens (tertiary/aromatic N) is 1. The van der Waals surface area contributed by atoms with Gasteiger partial charge < -0.3 is 10.2 Å². The van der Waals surface area contributed by atoms with Crippen LogP contribution in [0.1, 0.15) is 64.5 Å². The Kier molecular flexibility index (Phi) is 6.38. The highest BCUT2D eigenvalue weighted by Gasteiger charge is 2.22. The lowest BCUT2D eigenvalue weighted by Crippen LogP contribution is -2.39. The fourth-order valence-electron chi connectivity index (χ4n) is 3.28. The van der Waals surface area contributed by atoms with Crippen LogP contribution in [0.4, 0.5) is 5.69 Å².